The van der Waals surface area contributed by atoms with E-state index in [0.29, 0.717) is 61.0 Å². The number of ether oxygens (including phenoxy) is 4. The molecule has 3 aromatic carbocycles. The van der Waals surface area contributed by atoms with E-state index in [-0.39, 0.29) is 17.7 Å². The molecular weight excluding hydrogens is 818 g/mol. The number of fused-ring (bicyclic) bond motifs is 1. The third-order valence-corrected chi connectivity index (χ3v) is 9.69. The molecule has 13 heteroatoms. The molecule has 0 bridgehead atoms. The van der Waals surface area contributed by atoms with Crippen molar-refractivity contribution >= 4 is 85.1 Å². The van der Waals surface area contributed by atoms with Crippen molar-refractivity contribution in [3.8, 4) is 17.2 Å². The average molecular weight is 844 g/mol. The molecule has 0 saturated carbocycles. The zero-order chi connectivity index (χ0) is 32.2. The third-order valence-electron chi connectivity index (χ3n) is 6.70. The van der Waals surface area contributed by atoms with Gasteiger partial charge >= 0.3 is 5.97 Å². The van der Waals surface area contributed by atoms with Gasteiger partial charge in [0.25, 0.3) is 5.56 Å². The first kappa shape index (κ1) is 33.5. The number of nitrogens with zero attached hydrogens (tertiary/aromatic N) is 2. The number of rotatable bonds is 10. The fraction of sp³-hybridized carbons (Fsp3) is 0.219. The number of thiazole rings is 1. The Balaban J connectivity index is 1.62. The number of benzene rings is 3. The van der Waals surface area contributed by atoms with Crippen molar-refractivity contribution in [2.75, 3.05) is 20.3 Å². The summed E-state index contributed by atoms with van der Waals surface area (Å²) in [5, 5.41) is 0.897. The molecule has 0 saturated heterocycles. The van der Waals surface area contributed by atoms with E-state index >= 15 is 0 Å². The molecule has 0 spiro atoms. The van der Waals surface area contributed by atoms with E-state index in [2.05, 4.69) is 43.5 Å². The molecule has 1 atom stereocenters. The van der Waals surface area contributed by atoms with E-state index in [1.54, 1.807) is 30.3 Å². The molecule has 45 heavy (non-hydrogen) atoms. The van der Waals surface area contributed by atoms with Crippen LogP contribution in [-0.4, -0.2) is 30.9 Å². The van der Waals surface area contributed by atoms with Crippen LogP contribution in [0.15, 0.2) is 74.6 Å². The smallest absolute Gasteiger partial charge is 0.337 e. The molecule has 0 aliphatic carbocycles. The van der Waals surface area contributed by atoms with E-state index in [1.165, 1.54) is 29.2 Å². The standard InChI is InChI=1S/C32H26BrCl2IN2O6S/c1-4-42-25-9-7-18(12-26(25)43-5-2)28-21(31(40)41-3)15-37-32-38(28)30(39)27(45-32)13-19-11-20(33)14-24(36)29(19)44-16-17-6-8-22(34)23(35)10-17/h6-15,28H,4-5,16H2,1-3H3/b27-13+/t28-/m1/s1. The minimum Gasteiger partial charge on any atom is -0.490 e. The molecule has 1 aliphatic rings. The topological polar surface area (TPSA) is 88.4 Å². The zero-order valence-corrected chi connectivity index (χ0v) is 30.3. The van der Waals surface area contributed by atoms with Gasteiger partial charge in [0.1, 0.15) is 12.4 Å². The summed E-state index contributed by atoms with van der Waals surface area (Å²) < 4.78 is 26.5. The van der Waals surface area contributed by atoms with E-state index < -0.39 is 12.0 Å². The Bertz CT molecular complexity index is 1990. The van der Waals surface area contributed by atoms with Gasteiger partial charge in [-0.15, -0.1) is 0 Å². The van der Waals surface area contributed by atoms with Gasteiger partial charge in [0.15, 0.2) is 16.3 Å². The Morgan fingerprint density at radius 3 is 2.51 bits per heavy atom. The second-order valence-electron chi connectivity index (χ2n) is 9.59. The summed E-state index contributed by atoms with van der Waals surface area (Å²) in [5.74, 6) is 1.07. The van der Waals surface area contributed by atoms with Crippen molar-refractivity contribution in [3.63, 3.8) is 0 Å². The van der Waals surface area contributed by atoms with Gasteiger partial charge in [-0.2, -0.15) is 0 Å². The number of aromatic nitrogens is 1. The van der Waals surface area contributed by atoms with Gasteiger partial charge in [-0.05, 0) is 90.0 Å². The second kappa shape index (κ2) is 14.7. The Labute approximate surface area is 295 Å². The number of halogens is 4. The van der Waals surface area contributed by atoms with E-state index in [0.717, 1.165) is 13.6 Å². The SMILES string of the molecule is CCOc1ccc([C@@H]2C(C(=O)OC)=CN=c3s/c(=C/c4cc(Br)cc(I)c4OCc4ccc(Cl)c(Cl)c4)c(=O)n32)cc1OCC. The Morgan fingerprint density at radius 2 is 1.80 bits per heavy atom. The first-order valence-electron chi connectivity index (χ1n) is 13.7. The first-order valence-corrected chi connectivity index (χ1v) is 17.1. The molecule has 1 aliphatic heterocycles. The number of esters is 1. The third kappa shape index (κ3) is 7.27. The van der Waals surface area contributed by atoms with Crippen molar-refractivity contribution in [1.29, 1.82) is 0 Å². The molecule has 1 aromatic heterocycles. The molecule has 0 radical (unpaired) electrons. The highest BCUT2D eigenvalue weighted by atomic mass is 127. The summed E-state index contributed by atoms with van der Waals surface area (Å²) in [6, 6.07) is 13.7. The van der Waals surface area contributed by atoms with Gasteiger partial charge in [-0.25, -0.2) is 9.79 Å². The lowest BCUT2D eigenvalue weighted by atomic mass is 9.97. The molecule has 0 fully saturated rings. The van der Waals surface area contributed by atoms with Gasteiger partial charge in [-0.3, -0.25) is 9.36 Å². The minimum absolute atomic E-state index is 0.214. The normalized spacial score (nSPS) is 14.3. The number of carbonyl (C=O) groups is 1. The second-order valence-corrected chi connectivity index (χ2v) is 13.5. The maximum absolute atomic E-state index is 14.1. The summed E-state index contributed by atoms with van der Waals surface area (Å²) in [7, 11) is 1.30. The molecular formula is C32H26BrCl2IN2O6S. The van der Waals surface area contributed by atoms with Crippen molar-refractivity contribution in [3.05, 3.63) is 115 Å². The maximum atomic E-state index is 14.1. The van der Waals surface area contributed by atoms with Crippen LogP contribution in [0.4, 0.5) is 0 Å². The van der Waals surface area contributed by atoms with Gasteiger partial charge in [0.05, 0.1) is 50.1 Å². The van der Waals surface area contributed by atoms with Crippen LogP contribution in [0.2, 0.25) is 10.0 Å². The highest BCUT2D eigenvalue weighted by Crippen LogP contribution is 2.35. The highest BCUT2D eigenvalue weighted by Gasteiger charge is 2.31. The number of carbonyl (C=O) groups excluding carboxylic acids is 1. The van der Waals surface area contributed by atoms with Crippen molar-refractivity contribution in [1.82, 2.24) is 4.57 Å². The van der Waals surface area contributed by atoms with Crippen molar-refractivity contribution in [2.45, 2.75) is 26.5 Å². The molecule has 5 rings (SSSR count). The van der Waals surface area contributed by atoms with Crippen molar-refractivity contribution < 1.29 is 23.7 Å². The number of hydrogen-bond acceptors (Lipinski definition) is 8. The minimum atomic E-state index is -0.807. The van der Waals surface area contributed by atoms with Gasteiger partial charge in [-0.1, -0.05) is 62.6 Å². The maximum Gasteiger partial charge on any atom is 0.337 e. The van der Waals surface area contributed by atoms with Crippen LogP contribution >= 0.6 is 73.1 Å². The number of methoxy groups -OCH3 is 1. The van der Waals surface area contributed by atoms with E-state index in [9.17, 15) is 9.59 Å². The van der Waals surface area contributed by atoms with Crippen LogP contribution in [-0.2, 0) is 16.1 Å². The van der Waals surface area contributed by atoms with Crippen LogP contribution in [0.3, 0.4) is 0 Å². The lowest BCUT2D eigenvalue weighted by Gasteiger charge is -2.23. The largest absolute Gasteiger partial charge is 0.490 e. The van der Waals surface area contributed by atoms with Crippen LogP contribution in [0.25, 0.3) is 6.08 Å². The van der Waals surface area contributed by atoms with E-state index in [4.69, 9.17) is 42.1 Å². The summed E-state index contributed by atoms with van der Waals surface area (Å²) in [6.07, 6.45) is 3.22. The first-order chi connectivity index (χ1) is 21.6. The van der Waals surface area contributed by atoms with Crippen molar-refractivity contribution in [2.24, 2.45) is 4.99 Å². The fourth-order valence-corrected chi connectivity index (χ4v) is 7.74. The molecule has 4 aromatic rings. The Hall–Kier alpha value is -2.84. The van der Waals surface area contributed by atoms with Gasteiger partial charge < -0.3 is 18.9 Å². The quantitative estimate of drug-likeness (QED) is 0.126. The van der Waals surface area contributed by atoms with Crippen LogP contribution < -0.4 is 29.1 Å². The average Bonchev–Trinajstić information content (AvgIpc) is 3.33. The predicted octanol–water partition coefficient (Wildman–Crippen LogP) is 7.07. The molecule has 0 unspecified atom stereocenters. The van der Waals surface area contributed by atoms with Crippen LogP contribution in [0.1, 0.15) is 36.6 Å². The Morgan fingerprint density at radius 1 is 1.04 bits per heavy atom. The fourth-order valence-electron chi connectivity index (χ4n) is 4.75. The van der Waals surface area contributed by atoms with Crippen LogP contribution in [0, 0.1) is 3.57 Å². The highest BCUT2D eigenvalue weighted by molar-refractivity contribution is 14.1. The molecule has 8 nitrogen and oxygen atoms in total. The Kier molecular flexibility index (Phi) is 11.0. The molecule has 0 N–H and O–H groups in total. The zero-order valence-electron chi connectivity index (χ0n) is 24.2. The molecule has 2 heterocycles. The summed E-state index contributed by atoms with van der Waals surface area (Å²) in [6.45, 7) is 4.86. The van der Waals surface area contributed by atoms with Crippen LogP contribution in [0.5, 0.6) is 17.2 Å². The monoisotopic (exact) mass is 842 g/mol. The van der Waals surface area contributed by atoms with Gasteiger partial charge in [0, 0.05) is 16.2 Å². The van der Waals surface area contributed by atoms with Gasteiger partial charge in [0.2, 0.25) is 0 Å². The predicted molar refractivity (Wildman–Crippen MR) is 188 cm³/mol. The number of hydrogen-bond donors (Lipinski definition) is 0. The summed E-state index contributed by atoms with van der Waals surface area (Å²) >= 11 is 19.2. The summed E-state index contributed by atoms with van der Waals surface area (Å²) in [5.41, 5.74) is 2.05. The van der Waals surface area contributed by atoms with E-state index in [1.807, 2.05) is 38.1 Å². The molecule has 0 amide bonds. The summed E-state index contributed by atoms with van der Waals surface area (Å²) in [4.78, 5) is 32.0. The lowest BCUT2D eigenvalue weighted by Crippen LogP contribution is -2.39. The molecule has 234 valence electrons. The lowest BCUT2D eigenvalue weighted by molar-refractivity contribution is -0.136.